The van der Waals surface area contributed by atoms with Crippen LogP contribution < -0.4 is 10.6 Å². The Hall–Kier alpha value is -4.26. The number of fused-ring (bicyclic) bond motifs is 1. The number of hydrogen-bond acceptors (Lipinski definition) is 4. The number of carbonyl (C=O) groups is 3. The Balaban J connectivity index is 1.54. The molecule has 3 amide bonds. The van der Waals surface area contributed by atoms with E-state index in [4.69, 9.17) is 0 Å². The number of rotatable bonds is 7. The van der Waals surface area contributed by atoms with Crippen LogP contribution in [0.3, 0.4) is 0 Å². The van der Waals surface area contributed by atoms with Gasteiger partial charge in [0, 0.05) is 17.4 Å². The van der Waals surface area contributed by atoms with Gasteiger partial charge in [0.15, 0.2) is 0 Å². The molecule has 0 spiro atoms. The van der Waals surface area contributed by atoms with Gasteiger partial charge < -0.3 is 20.5 Å². The summed E-state index contributed by atoms with van der Waals surface area (Å²) in [4.78, 5) is 44.0. The number of hydrogen-bond donors (Lipinski definition) is 3. The van der Waals surface area contributed by atoms with Crippen molar-refractivity contribution in [3.05, 3.63) is 65.9 Å². The molecule has 2 heterocycles. The van der Waals surface area contributed by atoms with Crippen molar-refractivity contribution < 1.29 is 23.2 Å². The number of para-hydroxylation sites is 1. The van der Waals surface area contributed by atoms with Crippen LogP contribution >= 0.6 is 0 Å². The fraction of sp³-hybridized carbons (Fsp3) is 0.357. The molecule has 4 rings (SSSR count). The Bertz CT molecular complexity index is 1430. The molecule has 38 heavy (non-hydrogen) atoms. The zero-order valence-corrected chi connectivity index (χ0v) is 21.3. The van der Waals surface area contributed by atoms with Gasteiger partial charge in [-0.2, -0.15) is 5.26 Å². The molecule has 3 aromatic rings. The van der Waals surface area contributed by atoms with Gasteiger partial charge in [0.2, 0.25) is 11.8 Å². The van der Waals surface area contributed by atoms with Crippen LogP contribution in [0.15, 0.2) is 48.5 Å². The van der Waals surface area contributed by atoms with E-state index in [9.17, 15) is 28.4 Å². The topological polar surface area (TPSA) is 118 Å². The Morgan fingerprint density at radius 1 is 1.16 bits per heavy atom. The molecule has 1 aliphatic heterocycles. The highest BCUT2D eigenvalue weighted by Crippen LogP contribution is 2.36. The number of likely N-dealkylation sites (tertiary alicyclic amines) is 1. The molecule has 10 heteroatoms. The molecule has 1 saturated heterocycles. The van der Waals surface area contributed by atoms with Crippen LogP contribution in [0, 0.1) is 34.3 Å². The standard InChI is InChI=1S/C28H29F2N5O3/c1-16(2)11-24(33-25(36)23-12-18-19(29)8-6-10-21(18)32-23)26(37)35-15-28(3,13-17(35)14-31)27(38)34-22-9-5-4-7-20(22)30/h4-10,12,16-17,24,32H,11,13,15H2,1-3H3,(H,33,36)(H,34,38). The zero-order valence-electron chi connectivity index (χ0n) is 21.3. The maximum atomic E-state index is 14.1. The third kappa shape index (κ3) is 5.37. The second-order valence-corrected chi connectivity index (χ2v) is 10.3. The van der Waals surface area contributed by atoms with Gasteiger partial charge in [-0.25, -0.2) is 8.78 Å². The monoisotopic (exact) mass is 521 g/mol. The summed E-state index contributed by atoms with van der Waals surface area (Å²) in [5.74, 6) is -2.65. The van der Waals surface area contributed by atoms with Gasteiger partial charge in [0.25, 0.3) is 5.91 Å². The third-order valence-corrected chi connectivity index (χ3v) is 6.81. The second-order valence-electron chi connectivity index (χ2n) is 10.3. The van der Waals surface area contributed by atoms with Crippen molar-refractivity contribution in [3.8, 4) is 6.07 Å². The summed E-state index contributed by atoms with van der Waals surface area (Å²) in [6.07, 6.45) is 0.338. The number of carbonyl (C=O) groups excluding carboxylic acids is 3. The van der Waals surface area contributed by atoms with Crippen LogP contribution in [0.5, 0.6) is 0 Å². The maximum absolute atomic E-state index is 14.1. The summed E-state index contributed by atoms with van der Waals surface area (Å²) in [7, 11) is 0. The highest BCUT2D eigenvalue weighted by Gasteiger charge is 2.49. The first-order valence-electron chi connectivity index (χ1n) is 12.4. The predicted octanol–water partition coefficient (Wildman–Crippen LogP) is 4.36. The summed E-state index contributed by atoms with van der Waals surface area (Å²) in [6.45, 7) is 5.33. The smallest absolute Gasteiger partial charge is 0.268 e. The third-order valence-electron chi connectivity index (χ3n) is 6.81. The van der Waals surface area contributed by atoms with E-state index in [0.717, 1.165) is 0 Å². The molecule has 198 valence electrons. The maximum Gasteiger partial charge on any atom is 0.268 e. The van der Waals surface area contributed by atoms with Gasteiger partial charge in [-0.15, -0.1) is 0 Å². The molecule has 0 radical (unpaired) electrons. The van der Waals surface area contributed by atoms with Gasteiger partial charge in [-0.05, 0) is 56.0 Å². The van der Waals surface area contributed by atoms with Crippen molar-refractivity contribution in [1.29, 1.82) is 5.26 Å². The molecule has 8 nitrogen and oxygen atoms in total. The van der Waals surface area contributed by atoms with Crippen molar-refractivity contribution in [2.75, 3.05) is 11.9 Å². The predicted molar refractivity (Wildman–Crippen MR) is 138 cm³/mol. The van der Waals surface area contributed by atoms with Crippen LogP contribution in [-0.4, -0.2) is 46.2 Å². The molecule has 3 unspecified atom stereocenters. The summed E-state index contributed by atoms with van der Waals surface area (Å²) < 4.78 is 28.2. The minimum absolute atomic E-state index is 0.0109. The average molecular weight is 522 g/mol. The first-order chi connectivity index (χ1) is 18.0. The van der Waals surface area contributed by atoms with Gasteiger partial charge in [0.05, 0.1) is 17.2 Å². The van der Waals surface area contributed by atoms with E-state index < -0.39 is 46.9 Å². The van der Waals surface area contributed by atoms with Crippen LogP contribution in [0.4, 0.5) is 14.5 Å². The number of aromatic nitrogens is 1. The molecular weight excluding hydrogens is 492 g/mol. The van der Waals surface area contributed by atoms with Crippen LogP contribution in [-0.2, 0) is 9.59 Å². The number of nitriles is 1. The lowest BCUT2D eigenvalue weighted by molar-refractivity contribution is -0.134. The number of halogens is 2. The van der Waals surface area contributed by atoms with Gasteiger partial charge in [-0.1, -0.05) is 32.0 Å². The largest absolute Gasteiger partial charge is 0.350 e. The highest BCUT2D eigenvalue weighted by molar-refractivity contribution is 6.01. The summed E-state index contributed by atoms with van der Waals surface area (Å²) >= 11 is 0. The van der Waals surface area contributed by atoms with Gasteiger partial charge >= 0.3 is 0 Å². The minimum atomic E-state index is -1.15. The van der Waals surface area contributed by atoms with Crippen molar-refractivity contribution >= 4 is 34.3 Å². The summed E-state index contributed by atoms with van der Waals surface area (Å²) in [6, 6.07) is 11.8. The van der Waals surface area contributed by atoms with Crippen molar-refractivity contribution in [2.45, 2.75) is 45.7 Å². The van der Waals surface area contributed by atoms with E-state index in [1.165, 1.54) is 41.3 Å². The second kappa shape index (κ2) is 10.6. The fourth-order valence-corrected chi connectivity index (χ4v) is 4.80. The number of amides is 3. The molecule has 1 fully saturated rings. The molecule has 3 N–H and O–H groups in total. The first kappa shape index (κ1) is 26.8. The van der Waals surface area contributed by atoms with E-state index in [1.807, 2.05) is 13.8 Å². The van der Waals surface area contributed by atoms with E-state index >= 15 is 0 Å². The highest BCUT2D eigenvalue weighted by atomic mass is 19.1. The average Bonchev–Trinajstić information content (AvgIpc) is 3.47. The normalized spacial score (nSPS) is 19.8. The van der Waals surface area contributed by atoms with Crippen molar-refractivity contribution in [3.63, 3.8) is 0 Å². The quantitative estimate of drug-likeness (QED) is 0.428. The van der Waals surface area contributed by atoms with Crippen molar-refractivity contribution in [2.24, 2.45) is 11.3 Å². The molecule has 1 aliphatic rings. The lowest BCUT2D eigenvalue weighted by Gasteiger charge is -2.28. The number of benzene rings is 2. The Morgan fingerprint density at radius 3 is 2.53 bits per heavy atom. The Labute approximate surface area is 219 Å². The summed E-state index contributed by atoms with van der Waals surface area (Å²) in [5, 5.41) is 15.3. The zero-order chi connectivity index (χ0) is 27.6. The van der Waals surface area contributed by atoms with E-state index in [-0.39, 0.29) is 42.1 Å². The SMILES string of the molecule is CC(C)CC(NC(=O)c1cc2c(F)cccc2[nH]1)C(=O)N1CC(C)(C(=O)Nc2ccccc2F)CC1C#N. The molecular formula is C28H29F2N5O3. The number of anilines is 1. The van der Waals surface area contributed by atoms with Crippen molar-refractivity contribution in [1.82, 2.24) is 15.2 Å². The lowest BCUT2D eigenvalue weighted by Crippen LogP contribution is -2.51. The lowest BCUT2D eigenvalue weighted by atomic mass is 9.87. The number of nitrogens with one attached hydrogen (secondary N) is 3. The molecule has 0 bridgehead atoms. The number of H-pyrrole nitrogens is 1. The summed E-state index contributed by atoms with van der Waals surface area (Å²) in [5.41, 5.74) is -0.599. The van der Waals surface area contributed by atoms with Gasteiger partial charge in [0.1, 0.15) is 29.4 Å². The van der Waals surface area contributed by atoms with Gasteiger partial charge in [-0.3, -0.25) is 14.4 Å². The van der Waals surface area contributed by atoms with E-state index in [0.29, 0.717) is 5.52 Å². The Morgan fingerprint density at radius 2 is 1.87 bits per heavy atom. The molecule has 1 aromatic heterocycles. The number of aromatic amines is 1. The first-order valence-corrected chi connectivity index (χ1v) is 12.4. The van der Waals surface area contributed by atoms with Crippen LogP contribution in [0.1, 0.15) is 44.1 Å². The molecule has 2 aromatic carbocycles. The van der Waals surface area contributed by atoms with E-state index in [2.05, 4.69) is 21.7 Å². The Kier molecular flexibility index (Phi) is 7.49. The molecule has 3 atom stereocenters. The molecule has 0 saturated carbocycles. The fourth-order valence-electron chi connectivity index (χ4n) is 4.80. The minimum Gasteiger partial charge on any atom is -0.350 e. The van der Waals surface area contributed by atoms with Crippen LogP contribution in [0.2, 0.25) is 0 Å². The number of nitrogens with zero attached hydrogens (tertiary/aromatic N) is 2. The van der Waals surface area contributed by atoms with Crippen LogP contribution in [0.25, 0.3) is 10.9 Å². The molecule has 0 aliphatic carbocycles. The van der Waals surface area contributed by atoms with E-state index in [1.54, 1.807) is 19.1 Å².